The first-order valence-electron chi connectivity index (χ1n) is 2.49. The van der Waals surface area contributed by atoms with E-state index in [4.69, 9.17) is 17.3 Å². The highest BCUT2D eigenvalue weighted by Gasteiger charge is 2.11. The molecule has 6 heteroatoms. The lowest BCUT2D eigenvalue weighted by atomic mass is 10.3. The second-order valence-electron chi connectivity index (χ2n) is 1.79. The Hall–Kier alpha value is -0.780. The molecular weight excluding hydrogens is 154 g/mol. The molecule has 1 heterocycles. The molecule has 58 valence electrons. The third-order valence-corrected chi connectivity index (χ3v) is 1.09. The number of halogens is 1. The minimum absolute atomic E-state index is 0. The minimum atomic E-state index is -0.428. The molecule has 0 saturated heterocycles. The topological polar surface area (TPSA) is 93.7 Å². The quantitative estimate of drug-likeness (QED) is 0.388. The molecule has 0 aromatic rings. The van der Waals surface area contributed by atoms with Crippen LogP contribution in [-0.2, 0) is 0 Å². The standard InChI is InChI=1S/C4H9N5.ClH/c5-3-1-8-2-9(7)4(3)6;/h1-2,4H,5-7H2;1H. The van der Waals surface area contributed by atoms with Gasteiger partial charge in [0.25, 0.3) is 0 Å². The summed E-state index contributed by atoms with van der Waals surface area (Å²) in [6, 6.07) is 0. The molecule has 6 N–H and O–H groups in total. The highest BCUT2D eigenvalue weighted by molar-refractivity contribution is 5.85. The Morgan fingerprint density at radius 1 is 1.60 bits per heavy atom. The van der Waals surface area contributed by atoms with E-state index in [1.54, 1.807) is 0 Å². The molecule has 0 aromatic heterocycles. The lowest BCUT2D eigenvalue weighted by Gasteiger charge is -2.23. The maximum Gasteiger partial charge on any atom is 0.135 e. The van der Waals surface area contributed by atoms with Gasteiger partial charge in [-0.15, -0.1) is 12.4 Å². The van der Waals surface area contributed by atoms with Gasteiger partial charge in [0.15, 0.2) is 0 Å². The molecule has 0 saturated carbocycles. The van der Waals surface area contributed by atoms with E-state index >= 15 is 0 Å². The van der Waals surface area contributed by atoms with Crippen molar-refractivity contribution in [2.24, 2.45) is 22.3 Å². The van der Waals surface area contributed by atoms with Crippen LogP contribution >= 0.6 is 12.4 Å². The van der Waals surface area contributed by atoms with E-state index in [1.165, 1.54) is 17.5 Å². The smallest absolute Gasteiger partial charge is 0.135 e. The van der Waals surface area contributed by atoms with Gasteiger partial charge in [-0.3, -0.25) is 5.01 Å². The Labute approximate surface area is 64.9 Å². The van der Waals surface area contributed by atoms with Crippen LogP contribution in [0.1, 0.15) is 0 Å². The minimum Gasteiger partial charge on any atom is -0.398 e. The predicted octanol–water partition coefficient (Wildman–Crippen LogP) is -1.29. The van der Waals surface area contributed by atoms with Crippen LogP contribution in [0.25, 0.3) is 0 Å². The first kappa shape index (κ1) is 9.22. The zero-order valence-corrected chi connectivity index (χ0v) is 6.08. The van der Waals surface area contributed by atoms with Crippen molar-refractivity contribution in [3.63, 3.8) is 0 Å². The van der Waals surface area contributed by atoms with Gasteiger partial charge in [0, 0.05) is 0 Å². The van der Waals surface area contributed by atoms with Gasteiger partial charge in [-0.2, -0.15) is 0 Å². The van der Waals surface area contributed by atoms with Gasteiger partial charge in [0.1, 0.15) is 12.5 Å². The zero-order valence-electron chi connectivity index (χ0n) is 5.27. The van der Waals surface area contributed by atoms with Crippen molar-refractivity contribution in [1.29, 1.82) is 0 Å². The molecule has 1 atom stereocenters. The van der Waals surface area contributed by atoms with E-state index in [0.717, 1.165) is 0 Å². The number of nitrogens with two attached hydrogens (primary N) is 3. The van der Waals surface area contributed by atoms with Crippen molar-refractivity contribution in [1.82, 2.24) is 5.01 Å². The van der Waals surface area contributed by atoms with Crippen LogP contribution in [0.4, 0.5) is 0 Å². The average Bonchev–Trinajstić information content (AvgIpc) is 1.83. The SMILES string of the molecule is Cl.NC1=CN=CN(N)C1N. The van der Waals surface area contributed by atoms with Crippen LogP contribution in [0.3, 0.4) is 0 Å². The summed E-state index contributed by atoms with van der Waals surface area (Å²) >= 11 is 0. The van der Waals surface area contributed by atoms with E-state index < -0.39 is 6.17 Å². The molecule has 0 bridgehead atoms. The fraction of sp³-hybridized carbons (Fsp3) is 0.250. The van der Waals surface area contributed by atoms with Gasteiger partial charge in [-0.05, 0) is 0 Å². The normalized spacial score (nSPS) is 23.6. The molecular formula is C4H10ClN5. The Bertz CT molecular complexity index is 165. The van der Waals surface area contributed by atoms with Gasteiger partial charge in [-0.1, -0.05) is 0 Å². The van der Waals surface area contributed by atoms with Gasteiger partial charge in [0.2, 0.25) is 0 Å². The number of hydrogen-bond donors (Lipinski definition) is 3. The summed E-state index contributed by atoms with van der Waals surface area (Å²) in [5, 5.41) is 1.25. The molecule has 1 rings (SSSR count). The number of nitrogens with zero attached hydrogens (tertiary/aromatic N) is 2. The van der Waals surface area contributed by atoms with Crippen LogP contribution in [0, 0.1) is 0 Å². The number of aliphatic imine (C=N–C) groups is 1. The van der Waals surface area contributed by atoms with E-state index in [1.807, 2.05) is 0 Å². The van der Waals surface area contributed by atoms with Crippen molar-refractivity contribution >= 4 is 18.7 Å². The second-order valence-corrected chi connectivity index (χ2v) is 1.79. The van der Waals surface area contributed by atoms with Crippen LogP contribution in [0.15, 0.2) is 16.9 Å². The fourth-order valence-corrected chi connectivity index (χ4v) is 0.517. The Morgan fingerprint density at radius 2 is 2.20 bits per heavy atom. The fourth-order valence-electron chi connectivity index (χ4n) is 0.517. The van der Waals surface area contributed by atoms with Crippen molar-refractivity contribution in [2.45, 2.75) is 6.17 Å². The molecule has 0 aliphatic carbocycles. The third kappa shape index (κ3) is 1.60. The first-order valence-corrected chi connectivity index (χ1v) is 2.49. The maximum atomic E-state index is 5.44. The van der Waals surface area contributed by atoms with Crippen LogP contribution < -0.4 is 17.3 Å². The Morgan fingerprint density at radius 3 is 2.60 bits per heavy atom. The summed E-state index contributed by atoms with van der Waals surface area (Å²) in [5.41, 5.74) is 11.3. The number of hydrogen-bond acceptors (Lipinski definition) is 5. The van der Waals surface area contributed by atoms with Crippen molar-refractivity contribution in [3.05, 3.63) is 11.9 Å². The molecule has 0 aromatic carbocycles. The summed E-state index contributed by atoms with van der Waals surface area (Å²) in [7, 11) is 0. The molecule has 0 radical (unpaired) electrons. The molecule has 0 spiro atoms. The second kappa shape index (κ2) is 3.40. The summed E-state index contributed by atoms with van der Waals surface area (Å²) in [4.78, 5) is 3.70. The lowest BCUT2D eigenvalue weighted by Crippen LogP contribution is -2.50. The summed E-state index contributed by atoms with van der Waals surface area (Å²) in [6.45, 7) is 0. The number of hydrazine groups is 1. The van der Waals surface area contributed by atoms with Crippen molar-refractivity contribution < 1.29 is 0 Å². The van der Waals surface area contributed by atoms with E-state index in [9.17, 15) is 0 Å². The highest BCUT2D eigenvalue weighted by atomic mass is 35.5. The molecule has 0 fully saturated rings. The zero-order chi connectivity index (χ0) is 6.85. The van der Waals surface area contributed by atoms with E-state index in [2.05, 4.69) is 4.99 Å². The summed E-state index contributed by atoms with van der Waals surface area (Å²) < 4.78 is 0. The van der Waals surface area contributed by atoms with Crippen molar-refractivity contribution in [2.75, 3.05) is 0 Å². The number of rotatable bonds is 0. The first-order chi connectivity index (χ1) is 4.22. The van der Waals surface area contributed by atoms with E-state index in [-0.39, 0.29) is 12.4 Å². The molecule has 1 aliphatic rings. The van der Waals surface area contributed by atoms with E-state index in [0.29, 0.717) is 5.70 Å². The molecule has 1 aliphatic heterocycles. The largest absolute Gasteiger partial charge is 0.398 e. The van der Waals surface area contributed by atoms with Crippen LogP contribution in [-0.4, -0.2) is 17.5 Å². The summed E-state index contributed by atoms with van der Waals surface area (Å²) in [5.74, 6) is 5.31. The third-order valence-electron chi connectivity index (χ3n) is 1.09. The molecule has 5 nitrogen and oxygen atoms in total. The molecule has 0 amide bonds. The van der Waals surface area contributed by atoms with Gasteiger partial charge in [0.05, 0.1) is 11.9 Å². The molecule has 10 heavy (non-hydrogen) atoms. The van der Waals surface area contributed by atoms with Crippen LogP contribution in [0.2, 0.25) is 0 Å². The van der Waals surface area contributed by atoms with Crippen molar-refractivity contribution in [3.8, 4) is 0 Å². The average molecular weight is 164 g/mol. The lowest BCUT2D eigenvalue weighted by molar-refractivity contribution is 0.368. The Balaban J connectivity index is 0.000000810. The van der Waals surface area contributed by atoms with Crippen LogP contribution in [0.5, 0.6) is 0 Å². The van der Waals surface area contributed by atoms with Gasteiger partial charge < -0.3 is 11.5 Å². The Kier molecular flexibility index (Phi) is 3.14. The van der Waals surface area contributed by atoms with Gasteiger partial charge >= 0.3 is 0 Å². The predicted molar refractivity (Wildman–Crippen MR) is 42.0 cm³/mol. The summed E-state index contributed by atoms with van der Waals surface area (Å²) in [6.07, 6.45) is 2.47. The monoisotopic (exact) mass is 163 g/mol. The highest BCUT2D eigenvalue weighted by Crippen LogP contribution is 1.97. The maximum absolute atomic E-state index is 5.44. The van der Waals surface area contributed by atoms with Gasteiger partial charge in [-0.25, -0.2) is 10.8 Å². The molecule has 1 unspecified atom stereocenters.